The number of aliphatic hydroxyl groups excluding tert-OH is 2. The maximum atomic E-state index is 16.1. The van der Waals surface area contributed by atoms with Gasteiger partial charge in [0.15, 0.2) is 23.8 Å². The molecule has 0 radical (unpaired) electrons. The Morgan fingerprint density at radius 3 is 1.36 bits per heavy atom. The third kappa shape index (κ3) is 9.04. The summed E-state index contributed by atoms with van der Waals surface area (Å²) in [7, 11) is 0.946. The van der Waals surface area contributed by atoms with Gasteiger partial charge in [-0.3, -0.25) is 14.4 Å². The number of ketones is 3. The first-order valence-electron chi connectivity index (χ1n) is 25.0. The molecule has 7 aromatic rings. The summed E-state index contributed by atoms with van der Waals surface area (Å²) in [4.78, 5) is 47.4. The van der Waals surface area contributed by atoms with Crippen molar-refractivity contribution < 1.29 is 69.4 Å². The van der Waals surface area contributed by atoms with Crippen molar-refractivity contribution in [3.63, 3.8) is 0 Å². The third-order valence-electron chi connectivity index (χ3n) is 15.3. The molecule has 2 saturated heterocycles. The van der Waals surface area contributed by atoms with Crippen LogP contribution in [0.5, 0.6) is 0 Å². The fraction of sp³-hybridized carbons (Fsp3) is 0.274. The van der Waals surface area contributed by atoms with Crippen LogP contribution in [0.1, 0.15) is 54.6 Å². The second-order valence-electron chi connectivity index (χ2n) is 19.9. The Labute approximate surface area is 439 Å². The predicted octanol–water partition coefficient (Wildman–Crippen LogP) is 4.91. The van der Waals surface area contributed by atoms with Crippen molar-refractivity contribution in [3.8, 4) is 0 Å². The first-order chi connectivity index (χ1) is 36.5. The van der Waals surface area contributed by atoms with E-state index in [-0.39, 0.29) is 28.7 Å². The molecule has 2 heterocycles. The second-order valence-corrected chi connectivity index (χ2v) is 19.9. The van der Waals surface area contributed by atoms with Crippen LogP contribution >= 0.6 is 0 Å². The molecule has 0 saturated carbocycles. The van der Waals surface area contributed by atoms with E-state index >= 15 is 14.4 Å². The highest BCUT2D eigenvalue weighted by molar-refractivity contribution is 6.14. The summed E-state index contributed by atoms with van der Waals surface area (Å²) < 4.78 is 19.1. The van der Waals surface area contributed by atoms with Crippen LogP contribution in [0.2, 0.25) is 0 Å². The summed E-state index contributed by atoms with van der Waals surface area (Å²) in [5.41, 5.74) is -21.1. The highest BCUT2D eigenvalue weighted by Gasteiger charge is 2.86. The quantitative estimate of drug-likeness (QED) is 0.0533. The largest absolute Gasteiger partial charge is 0.390 e. The maximum Gasteiger partial charge on any atom is 0.218 e. The third-order valence-corrected chi connectivity index (χ3v) is 15.3. The van der Waals surface area contributed by atoms with Gasteiger partial charge < -0.3 is 55.1 Å². The van der Waals surface area contributed by atoms with E-state index in [0.717, 1.165) is 7.11 Å². The summed E-state index contributed by atoms with van der Waals surface area (Å²) >= 11 is 0. The molecule has 392 valence electrons. The summed E-state index contributed by atoms with van der Waals surface area (Å²) in [5, 5.41) is 111. The van der Waals surface area contributed by atoms with Crippen LogP contribution in [0.3, 0.4) is 0 Å². The number of hydrogen-bond acceptors (Lipinski definition) is 14. The van der Waals surface area contributed by atoms with Crippen molar-refractivity contribution in [2.75, 3.05) is 7.11 Å². The Morgan fingerprint density at radius 2 is 0.895 bits per heavy atom. The van der Waals surface area contributed by atoms with Crippen LogP contribution in [-0.2, 0) is 44.7 Å². The number of benzene rings is 7. The average molecular weight is 1030 g/mol. The standard InChI is InChI=1S/C62H60O14/c1-74-56-60(71,51(66)46-33-19-7-20-34-46)62(73,52(67)47-35-21-8-22-36-47)61(72,54(76-56)50(65)49(64)45-31-17-6-18-32-45)55-58(69,39-43-27-13-4-14-28-43)59(70,40-44-29-15-5-16-30-44)57(68,38-42-25-11-3-12-26-42)53(75-55)48(63)37-41-23-9-2-10-24-41/h2-36,48-49,53-56,63-64,68-73H,37-40H2,1H3/t48?,49?,53-,54-,55-,56+,57+,58+,59+,60+,61-,62-/m1/s1. The van der Waals surface area contributed by atoms with Crippen LogP contribution < -0.4 is 0 Å². The summed E-state index contributed by atoms with van der Waals surface area (Å²) in [6, 6.07) is 54.0. The molecule has 12 atom stereocenters. The Balaban J connectivity index is 1.43. The molecular formula is C62H60O14. The zero-order valence-electron chi connectivity index (χ0n) is 41.5. The lowest BCUT2D eigenvalue weighted by Gasteiger charge is -2.68. The fourth-order valence-electron chi connectivity index (χ4n) is 11.5. The van der Waals surface area contributed by atoms with E-state index in [1.165, 1.54) is 78.9 Å². The molecular weight excluding hydrogens is 969 g/mol. The number of ether oxygens (including phenoxy) is 3. The molecule has 2 aliphatic heterocycles. The van der Waals surface area contributed by atoms with Crippen LogP contribution in [-0.4, -0.2) is 130 Å². The SMILES string of the molecule is CO[C@H]1O[C@H](C(=O)C(O)c2ccccc2)[C@@](O)([C@@H]2O[C@H](C(O)Cc3ccccc3)[C@@](O)(Cc3ccccc3)[C@@](O)(Cc3ccccc3)[C@]2(O)Cc2ccccc2)[C@@](O)(C(=O)c2ccccc2)[C@]1(O)C(=O)c1ccccc1. The average Bonchev–Trinajstić information content (AvgIpc) is 3.14. The van der Waals surface area contributed by atoms with Gasteiger partial charge in [0.05, 0.1) is 6.10 Å². The van der Waals surface area contributed by atoms with Gasteiger partial charge in [-0.1, -0.05) is 212 Å². The van der Waals surface area contributed by atoms with Crippen molar-refractivity contribution in [1.82, 2.24) is 0 Å². The van der Waals surface area contributed by atoms with Crippen molar-refractivity contribution in [2.24, 2.45) is 0 Å². The number of carbonyl (C=O) groups excluding carboxylic acids is 3. The summed E-state index contributed by atoms with van der Waals surface area (Å²) in [6.45, 7) is 0. The molecule has 2 aliphatic rings. The molecule has 2 unspecified atom stereocenters. The number of methoxy groups -OCH3 is 1. The Kier molecular flexibility index (Phi) is 15.3. The smallest absolute Gasteiger partial charge is 0.218 e. The fourth-order valence-corrected chi connectivity index (χ4v) is 11.5. The van der Waals surface area contributed by atoms with Gasteiger partial charge in [0.25, 0.3) is 0 Å². The van der Waals surface area contributed by atoms with Crippen LogP contribution in [0.4, 0.5) is 0 Å². The number of hydrogen-bond donors (Lipinski definition) is 8. The van der Waals surface area contributed by atoms with Gasteiger partial charge in [0.2, 0.25) is 22.8 Å². The molecule has 0 bridgehead atoms. The zero-order chi connectivity index (χ0) is 53.9. The lowest BCUT2D eigenvalue weighted by Crippen LogP contribution is -2.94. The highest BCUT2D eigenvalue weighted by Crippen LogP contribution is 2.59. The van der Waals surface area contributed by atoms with E-state index in [1.54, 1.807) is 133 Å². The molecule has 14 heteroatoms. The molecule has 0 aliphatic carbocycles. The van der Waals surface area contributed by atoms with Gasteiger partial charge >= 0.3 is 0 Å². The molecule has 8 N–H and O–H groups in total. The van der Waals surface area contributed by atoms with Gasteiger partial charge in [0, 0.05) is 43.9 Å². The summed E-state index contributed by atoms with van der Waals surface area (Å²) in [6.07, 6.45) is -17.2. The monoisotopic (exact) mass is 1030 g/mol. The number of aliphatic hydroxyl groups is 8. The normalized spacial score (nSPS) is 30.2. The van der Waals surface area contributed by atoms with Gasteiger partial charge in [-0.25, -0.2) is 0 Å². The topological polar surface area (TPSA) is 241 Å². The van der Waals surface area contributed by atoms with E-state index in [9.17, 15) is 40.9 Å². The second kappa shape index (κ2) is 21.6. The molecule has 7 aromatic carbocycles. The van der Waals surface area contributed by atoms with Crippen LogP contribution in [0.15, 0.2) is 212 Å². The van der Waals surface area contributed by atoms with Gasteiger partial charge in [-0.15, -0.1) is 0 Å². The van der Waals surface area contributed by atoms with Crippen molar-refractivity contribution >= 4 is 17.3 Å². The first-order valence-corrected chi connectivity index (χ1v) is 25.0. The molecule has 0 spiro atoms. The van der Waals surface area contributed by atoms with Gasteiger partial charge in [0.1, 0.15) is 35.1 Å². The molecule has 9 rings (SSSR count). The summed E-state index contributed by atoms with van der Waals surface area (Å²) in [5.74, 6) is -4.63. The van der Waals surface area contributed by atoms with Gasteiger partial charge in [-0.2, -0.15) is 0 Å². The lowest BCUT2D eigenvalue weighted by molar-refractivity contribution is -0.430. The number of carbonyl (C=O) groups is 3. The van der Waals surface area contributed by atoms with E-state index in [2.05, 4.69) is 0 Å². The minimum Gasteiger partial charge on any atom is -0.390 e. The molecule has 0 aromatic heterocycles. The van der Waals surface area contributed by atoms with E-state index in [4.69, 9.17) is 14.2 Å². The highest BCUT2D eigenvalue weighted by atomic mass is 16.7. The minimum absolute atomic E-state index is 0.0790. The first kappa shape index (κ1) is 53.9. The van der Waals surface area contributed by atoms with E-state index in [1.807, 2.05) is 0 Å². The van der Waals surface area contributed by atoms with Crippen molar-refractivity contribution in [3.05, 3.63) is 251 Å². The van der Waals surface area contributed by atoms with Gasteiger partial charge in [-0.05, 0) is 27.8 Å². The van der Waals surface area contributed by atoms with E-state index < -0.39 is 113 Å². The van der Waals surface area contributed by atoms with Crippen molar-refractivity contribution in [2.45, 2.75) is 96.1 Å². The Morgan fingerprint density at radius 1 is 0.500 bits per heavy atom. The van der Waals surface area contributed by atoms with E-state index in [0.29, 0.717) is 11.1 Å². The minimum atomic E-state index is -4.23. The van der Waals surface area contributed by atoms with Crippen LogP contribution in [0, 0.1) is 0 Å². The molecule has 14 nitrogen and oxygen atoms in total. The van der Waals surface area contributed by atoms with Crippen LogP contribution in [0.25, 0.3) is 0 Å². The number of rotatable bonds is 18. The Bertz CT molecular complexity index is 3080. The Hall–Kier alpha value is -6.89. The lowest BCUT2D eigenvalue weighted by atomic mass is 9.50. The van der Waals surface area contributed by atoms with Crippen molar-refractivity contribution in [1.29, 1.82) is 0 Å². The number of Topliss-reactive ketones (excluding diaryl/α,β-unsaturated/α-hetero) is 3. The molecule has 0 amide bonds. The molecule has 76 heavy (non-hydrogen) atoms. The predicted molar refractivity (Wildman–Crippen MR) is 279 cm³/mol. The zero-order valence-corrected chi connectivity index (χ0v) is 41.5. The molecule has 2 fully saturated rings. The maximum absolute atomic E-state index is 16.1.